The van der Waals surface area contributed by atoms with Gasteiger partial charge in [-0.2, -0.15) is 0 Å². The van der Waals surface area contributed by atoms with Gasteiger partial charge in [0.25, 0.3) is 0 Å². The molecule has 0 radical (unpaired) electrons. The Labute approximate surface area is 101 Å². The number of rotatable bonds is 2. The summed E-state index contributed by atoms with van der Waals surface area (Å²) in [6, 6.07) is 0. The lowest BCUT2D eigenvalue weighted by Crippen LogP contribution is -2.51. The SMILES string of the molecule is CCOC(=O)[C@]12CCCN1C[C@H]1C(=O)CC[C@H]12. The van der Waals surface area contributed by atoms with Crippen molar-refractivity contribution >= 4 is 11.8 Å². The summed E-state index contributed by atoms with van der Waals surface area (Å²) in [5, 5.41) is 0. The van der Waals surface area contributed by atoms with Crippen LogP contribution in [0, 0.1) is 11.8 Å². The molecule has 0 N–H and O–H groups in total. The number of ether oxygens (including phenoxy) is 1. The van der Waals surface area contributed by atoms with E-state index in [9.17, 15) is 9.59 Å². The fraction of sp³-hybridized carbons (Fsp3) is 0.846. The third-order valence-corrected chi connectivity index (χ3v) is 4.81. The van der Waals surface area contributed by atoms with E-state index in [1.54, 1.807) is 0 Å². The Hall–Kier alpha value is -0.900. The predicted octanol–water partition coefficient (Wildman–Crippen LogP) is 0.993. The Morgan fingerprint density at radius 2 is 2.41 bits per heavy atom. The van der Waals surface area contributed by atoms with Gasteiger partial charge in [0.15, 0.2) is 0 Å². The lowest BCUT2D eigenvalue weighted by molar-refractivity contribution is -0.156. The standard InChI is InChI=1S/C13H19NO3/c1-2-17-12(16)13-6-3-7-14(13)8-9-10(13)4-5-11(9)15/h9-10H,2-8H2,1H3/t9-,10-,13-/m1/s1. The number of nitrogens with zero attached hydrogens (tertiary/aromatic N) is 1. The highest BCUT2D eigenvalue weighted by Crippen LogP contribution is 2.52. The normalized spacial score (nSPS) is 40.4. The van der Waals surface area contributed by atoms with Crippen LogP contribution in [0.1, 0.15) is 32.6 Å². The number of carbonyl (C=O) groups excluding carboxylic acids is 2. The third-order valence-electron chi connectivity index (χ3n) is 4.81. The van der Waals surface area contributed by atoms with Gasteiger partial charge in [0.1, 0.15) is 11.3 Å². The Kier molecular flexibility index (Phi) is 2.51. The maximum absolute atomic E-state index is 12.3. The molecule has 2 saturated heterocycles. The van der Waals surface area contributed by atoms with Crippen molar-refractivity contribution in [3.63, 3.8) is 0 Å². The van der Waals surface area contributed by atoms with Crippen LogP contribution in [0.3, 0.4) is 0 Å². The van der Waals surface area contributed by atoms with E-state index in [1.165, 1.54) is 0 Å². The lowest BCUT2D eigenvalue weighted by atomic mass is 9.80. The van der Waals surface area contributed by atoms with Crippen LogP contribution in [-0.2, 0) is 14.3 Å². The summed E-state index contributed by atoms with van der Waals surface area (Å²) < 4.78 is 5.28. The first kappa shape index (κ1) is 11.2. The Morgan fingerprint density at radius 1 is 1.59 bits per heavy atom. The molecule has 4 heteroatoms. The molecule has 0 spiro atoms. The molecule has 94 valence electrons. The van der Waals surface area contributed by atoms with Gasteiger partial charge in [0.05, 0.1) is 6.61 Å². The molecule has 1 aliphatic carbocycles. The van der Waals surface area contributed by atoms with Crippen LogP contribution < -0.4 is 0 Å². The van der Waals surface area contributed by atoms with Gasteiger partial charge in [0, 0.05) is 18.9 Å². The fourth-order valence-electron chi connectivity index (χ4n) is 4.16. The molecule has 17 heavy (non-hydrogen) atoms. The molecule has 1 saturated carbocycles. The van der Waals surface area contributed by atoms with E-state index in [0.717, 1.165) is 32.4 Å². The second kappa shape index (κ2) is 3.80. The third kappa shape index (κ3) is 1.33. The number of hydrogen-bond donors (Lipinski definition) is 0. The Bertz CT molecular complexity index is 368. The number of esters is 1. The second-order valence-electron chi connectivity index (χ2n) is 5.41. The van der Waals surface area contributed by atoms with Gasteiger partial charge in [0.2, 0.25) is 0 Å². The summed E-state index contributed by atoms with van der Waals surface area (Å²) >= 11 is 0. The smallest absolute Gasteiger partial charge is 0.326 e. The van der Waals surface area contributed by atoms with Crippen LogP contribution in [0.15, 0.2) is 0 Å². The molecule has 2 heterocycles. The summed E-state index contributed by atoms with van der Waals surface area (Å²) in [4.78, 5) is 26.4. The van der Waals surface area contributed by atoms with E-state index in [0.29, 0.717) is 18.8 Å². The van der Waals surface area contributed by atoms with Crippen LogP contribution in [-0.4, -0.2) is 41.9 Å². The molecule has 3 aliphatic rings. The average molecular weight is 237 g/mol. The van der Waals surface area contributed by atoms with Crippen LogP contribution in [0.4, 0.5) is 0 Å². The molecule has 0 amide bonds. The zero-order valence-corrected chi connectivity index (χ0v) is 10.3. The lowest BCUT2D eigenvalue weighted by Gasteiger charge is -2.33. The van der Waals surface area contributed by atoms with E-state index < -0.39 is 5.54 Å². The first-order chi connectivity index (χ1) is 8.20. The van der Waals surface area contributed by atoms with Crippen molar-refractivity contribution in [1.82, 2.24) is 4.90 Å². The van der Waals surface area contributed by atoms with E-state index in [2.05, 4.69) is 4.90 Å². The summed E-state index contributed by atoms with van der Waals surface area (Å²) in [7, 11) is 0. The largest absolute Gasteiger partial charge is 0.465 e. The van der Waals surface area contributed by atoms with Crippen LogP contribution in [0.5, 0.6) is 0 Å². The van der Waals surface area contributed by atoms with Crippen molar-refractivity contribution in [3.8, 4) is 0 Å². The number of Topliss-reactive ketones (excluding diaryl/α,β-unsaturated/α-hetero) is 1. The highest BCUT2D eigenvalue weighted by molar-refractivity contribution is 5.89. The minimum atomic E-state index is -0.452. The van der Waals surface area contributed by atoms with Crippen molar-refractivity contribution < 1.29 is 14.3 Å². The van der Waals surface area contributed by atoms with Crippen molar-refractivity contribution in [2.24, 2.45) is 11.8 Å². The molecule has 3 atom stereocenters. The van der Waals surface area contributed by atoms with Gasteiger partial charge >= 0.3 is 5.97 Å². The maximum atomic E-state index is 12.3. The van der Waals surface area contributed by atoms with Crippen molar-refractivity contribution in [3.05, 3.63) is 0 Å². The number of ketones is 1. The number of fused-ring (bicyclic) bond motifs is 3. The zero-order valence-electron chi connectivity index (χ0n) is 10.3. The van der Waals surface area contributed by atoms with E-state index in [1.807, 2.05) is 6.92 Å². The van der Waals surface area contributed by atoms with E-state index in [4.69, 9.17) is 4.74 Å². The summed E-state index contributed by atoms with van der Waals surface area (Å²) in [6.45, 7) is 4.00. The quantitative estimate of drug-likeness (QED) is 0.672. The molecule has 2 aliphatic heterocycles. The minimum absolute atomic E-state index is 0.0836. The van der Waals surface area contributed by atoms with Crippen LogP contribution in [0.2, 0.25) is 0 Å². The molecule has 0 aromatic heterocycles. The topological polar surface area (TPSA) is 46.6 Å². The van der Waals surface area contributed by atoms with Gasteiger partial charge in [-0.1, -0.05) is 0 Å². The predicted molar refractivity (Wildman–Crippen MR) is 61.4 cm³/mol. The molecule has 3 fully saturated rings. The highest BCUT2D eigenvalue weighted by Gasteiger charge is 2.64. The second-order valence-corrected chi connectivity index (χ2v) is 5.41. The molecule has 0 unspecified atom stereocenters. The highest BCUT2D eigenvalue weighted by atomic mass is 16.5. The summed E-state index contributed by atoms with van der Waals surface area (Å²) in [5.41, 5.74) is -0.452. The van der Waals surface area contributed by atoms with Crippen molar-refractivity contribution in [1.29, 1.82) is 0 Å². The maximum Gasteiger partial charge on any atom is 0.326 e. The van der Waals surface area contributed by atoms with Crippen molar-refractivity contribution in [2.45, 2.75) is 38.1 Å². The van der Waals surface area contributed by atoms with E-state index >= 15 is 0 Å². The summed E-state index contributed by atoms with van der Waals surface area (Å²) in [6.07, 6.45) is 3.46. The van der Waals surface area contributed by atoms with E-state index in [-0.39, 0.29) is 17.8 Å². The molecule has 0 bridgehead atoms. The molecular formula is C13H19NO3. The van der Waals surface area contributed by atoms with Gasteiger partial charge in [-0.3, -0.25) is 14.5 Å². The molecular weight excluding hydrogens is 218 g/mol. The van der Waals surface area contributed by atoms with Gasteiger partial charge < -0.3 is 4.74 Å². The monoisotopic (exact) mass is 237 g/mol. The fourth-order valence-corrected chi connectivity index (χ4v) is 4.16. The van der Waals surface area contributed by atoms with Crippen LogP contribution >= 0.6 is 0 Å². The zero-order chi connectivity index (χ0) is 12.0. The van der Waals surface area contributed by atoms with Crippen LogP contribution in [0.25, 0.3) is 0 Å². The number of carbonyl (C=O) groups is 2. The average Bonchev–Trinajstić information content (AvgIpc) is 2.91. The molecule has 3 rings (SSSR count). The summed E-state index contributed by atoms with van der Waals surface area (Å²) in [5.74, 6) is 0.587. The minimum Gasteiger partial charge on any atom is -0.465 e. The Morgan fingerprint density at radius 3 is 3.18 bits per heavy atom. The molecule has 0 aromatic rings. The van der Waals surface area contributed by atoms with Gasteiger partial charge in [-0.15, -0.1) is 0 Å². The van der Waals surface area contributed by atoms with Gasteiger partial charge in [-0.05, 0) is 38.6 Å². The molecule has 0 aromatic carbocycles. The number of hydrogen-bond acceptors (Lipinski definition) is 4. The molecule has 4 nitrogen and oxygen atoms in total. The van der Waals surface area contributed by atoms with Crippen molar-refractivity contribution in [2.75, 3.05) is 19.7 Å². The first-order valence-electron chi connectivity index (χ1n) is 6.65. The van der Waals surface area contributed by atoms with Gasteiger partial charge in [-0.25, -0.2) is 0 Å². The first-order valence-corrected chi connectivity index (χ1v) is 6.65. The Balaban J connectivity index is 1.94.